The van der Waals surface area contributed by atoms with E-state index in [1.807, 2.05) is 17.4 Å². The smallest absolute Gasteiger partial charge is 0.132 e. The Kier molecular flexibility index (Phi) is 4.43. The van der Waals surface area contributed by atoms with Gasteiger partial charge in [-0.25, -0.2) is 0 Å². The highest BCUT2D eigenvalue weighted by atomic mass is 32.1. The van der Waals surface area contributed by atoms with Crippen LogP contribution in [-0.2, 0) is 5.41 Å². The van der Waals surface area contributed by atoms with Crippen LogP contribution in [0.5, 0.6) is 11.5 Å². The number of hydrogen-bond donors (Lipinski definition) is 0. The first kappa shape index (κ1) is 20.5. The number of thiophene rings is 1. The first-order chi connectivity index (χ1) is 17.1. The lowest BCUT2D eigenvalue weighted by atomic mass is 9.75. The Morgan fingerprint density at radius 1 is 0.571 bits per heavy atom. The summed E-state index contributed by atoms with van der Waals surface area (Å²) in [6, 6.07) is 39.2. The molecule has 6 aromatic rings. The summed E-state index contributed by atoms with van der Waals surface area (Å²) in [5, 5.41) is 2.66. The average molecular weight is 469 g/mol. The van der Waals surface area contributed by atoms with E-state index in [2.05, 4.69) is 117 Å². The standard InChI is InChI=1S/C33H24OS/c1-33(2)26-14-6-7-15-28(26)34-29-20-21(18-19-27(29)33)22-10-3-4-11-23(22)24-13-9-17-31-32(24)25-12-5-8-16-30(25)35-31/h3-20H,1-2H3. The normalized spacial score (nSPS) is 13.9. The molecule has 0 radical (unpaired) electrons. The minimum absolute atomic E-state index is 0.108. The Bertz CT molecular complexity index is 1750. The molecule has 0 fully saturated rings. The molecular weight excluding hydrogens is 444 g/mol. The lowest BCUT2D eigenvalue weighted by Gasteiger charge is -2.34. The van der Waals surface area contributed by atoms with Crippen molar-refractivity contribution in [3.63, 3.8) is 0 Å². The highest BCUT2D eigenvalue weighted by molar-refractivity contribution is 7.25. The summed E-state index contributed by atoms with van der Waals surface area (Å²) in [5.41, 5.74) is 7.27. The highest BCUT2D eigenvalue weighted by Crippen LogP contribution is 2.49. The summed E-state index contributed by atoms with van der Waals surface area (Å²) in [7, 11) is 0. The molecule has 1 aliphatic rings. The molecule has 0 spiro atoms. The van der Waals surface area contributed by atoms with Crippen molar-refractivity contribution in [2.45, 2.75) is 19.3 Å². The maximum atomic E-state index is 6.44. The minimum atomic E-state index is -0.108. The molecule has 0 aliphatic carbocycles. The van der Waals surface area contributed by atoms with Gasteiger partial charge < -0.3 is 4.74 Å². The molecule has 2 heteroatoms. The molecule has 168 valence electrons. The van der Waals surface area contributed by atoms with Crippen LogP contribution >= 0.6 is 11.3 Å². The van der Waals surface area contributed by atoms with Crippen molar-refractivity contribution in [3.8, 4) is 33.8 Å². The first-order valence-corrected chi connectivity index (χ1v) is 12.8. The largest absolute Gasteiger partial charge is 0.457 e. The van der Waals surface area contributed by atoms with Crippen LogP contribution in [0.4, 0.5) is 0 Å². The quantitative estimate of drug-likeness (QED) is 0.246. The molecule has 0 unspecified atom stereocenters. The number of para-hydroxylation sites is 1. The van der Waals surface area contributed by atoms with E-state index in [-0.39, 0.29) is 5.41 Å². The second-order valence-electron chi connectivity index (χ2n) is 9.76. The fourth-order valence-electron chi connectivity index (χ4n) is 5.59. The molecule has 7 rings (SSSR count). The molecule has 0 N–H and O–H groups in total. The fraction of sp³-hybridized carbons (Fsp3) is 0.0909. The first-order valence-electron chi connectivity index (χ1n) is 12.0. The summed E-state index contributed by atoms with van der Waals surface area (Å²) in [6.45, 7) is 4.56. The number of hydrogen-bond acceptors (Lipinski definition) is 2. The van der Waals surface area contributed by atoms with Crippen molar-refractivity contribution in [1.29, 1.82) is 0 Å². The Morgan fingerprint density at radius 2 is 1.26 bits per heavy atom. The van der Waals surface area contributed by atoms with Gasteiger partial charge >= 0.3 is 0 Å². The summed E-state index contributed by atoms with van der Waals surface area (Å²) in [5.74, 6) is 1.89. The summed E-state index contributed by atoms with van der Waals surface area (Å²) in [4.78, 5) is 0. The van der Waals surface area contributed by atoms with E-state index in [1.165, 1.54) is 53.6 Å². The van der Waals surface area contributed by atoms with Gasteiger partial charge in [-0.15, -0.1) is 11.3 Å². The zero-order valence-corrected chi connectivity index (χ0v) is 20.5. The molecule has 1 nitrogen and oxygen atoms in total. The monoisotopic (exact) mass is 468 g/mol. The van der Waals surface area contributed by atoms with Crippen molar-refractivity contribution in [2.24, 2.45) is 0 Å². The van der Waals surface area contributed by atoms with Crippen LogP contribution in [0.1, 0.15) is 25.0 Å². The van der Waals surface area contributed by atoms with Crippen LogP contribution in [0.2, 0.25) is 0 Å². The molecule has 0 saturated carbocycles. The molecule has 1 aromatic heterocycles. The zero-order chi connectivity index (χ0) is 23.6. The topological polar surface area (TPSA) is 9.23 Å². The average Bonchev–Trinajstić information content (AvgIpc) is 3.27. The molecule has 0 bridgehead atoms. The molecule has 0 atom stereocenters. The fourth-order valence-corrected chi connectivity index (χ4v) is 6.73. The van der Waals surface area contributed by atoms with Gasteiger partial charge in [-0.3, -0.25) is 0 Å². The van der Waals surface area contributed by atoms with Gasteiger partial charge in [0, 0.05) is 36.7 Å². The lowest BCUT2D eigenvalue weighted by Crippen LogP contribution is -2.24. The van der Waals surface area contributed by atoms with Crippen LogP contribution in [-0.4, -0.2) is 0 Å². The van der Waals surface area contributed by atoms with Gasteiger partial charge in [-0.05, 0) is 46.5 Å². The van der Waals surface area contributed by atoms with Crippen molar-refractivity contribution < 1.29 is 4.74 Å². The minimum Gasteiger partial charge on any atom is -0.457 e. The number of rotatable bonds is 2. The molecule has 0 saturated heterocycles. The highest BCUT2D eigenvalue weighted by Gasteiger charge is 2.34. The molecule has 1 aliphatic heterocycles. The Balaban J connectivity index is 1.43. The van der Waals surface area contributed by atoms with Gasteiger partial charge in [0.1, 0.15) is 11.5 Å². The molecular formula is C33H24OS. The van der Waals surface area contributed by atoms with Gasteiger partial charge in [0.15, 0.2) is 0 Å². The lowest BCUT2D eigenvalue weighted by molar-refractivity contribution is 0.418. The molecule has 2 heterocycles. The molecule has 5 aromatic carbocycles. The molecule has 0 amide bonds. The van der Waals surface area contributed by atoms with Crippen LogP contribution < -0.4 is 4.74 Å². The Hall–Kier alpha value is -3.88. The van der Waals surface area contributed by atoms with Gasteiger partial charge in [-0.2, -0.15) is 0 Å². The van der Waals surface area contributed by atoms with Crippen molar-refractivity contribution in [3.05, 3.63) is 120 Å². The molecule has 35 heavy (non-hydrogen) atoms. The maximum absolute atomic E-state index is 6.44. The third-order valence-corrected chi connectivity index (χ3v) is 8.50. The van der Waals surface area contributed by atoms with Gasteiger partial charge in [-0.1, -0.05) is 98.8 Å². The van der Waals surface area contributed by atoms with Crippen molar-refractivity contribution in [1.82, 2.24) is 0 Å². The summed E-state index contributed by atoms with van der Waals surface area (Å²) in [6.07, 6.45) is 0. The third-order valence-electron chi connectivity index (χ3n) is 7.37. The van der Waals surface area contributed by atoms with E-state index in [0.29, 0.717) is 0 Å². The van der Waals surface area contributed by atoms with E-state index in [4.69, 9.17) is 4.74 Å². The van der Waals surface area contributed by atoms with E-state index >= 15 is 0 Å². The van der Waals surface area contributed by atoms with E-state index in [9.17, 15) is 0 Å². The van der Waals surface area contributed by atoms with Crippen LogP contribution in [0.3, 0.4) is 0 Å². The number of fused-ring (bicyclic) bond motifs is 5. The number of benzene rings is 5. The van der Waals surface area contributed by atoms with Crippen LogP contribution in [0.15, 0.2) is 109 Å². The number of ether oxygens (including phenoxy) is 1. The van der Waals surface area contributed by atoms with Crippen LogP contribution in [0.25, 0.3) is 42.4 Å². The Labute approximate surface area is 209 Å². The maximum Gasteiger partial charge on any atom is 0.132 e. The van der Waals surface area contributed by atoms with Crippen molar-refractivity contribution in [2.75, 3.05) is 0 Å². The third kappa shape index (κ3) is 3.07. The predicted molar refractivity (Wildman–Crippen MR) is 149 cm³/mol. The second kappa shape index (κ2) is 7.56. The van der Waals surface area contributed by atoms with Crippen LogP contribution in [0, 0.1) is 0 Å². The van der Waals surface area contributed by atoms with Crippen molar-refractivity contribution >= 4 is 31.5 Å². The summed E-state index contributed by atoms with van der Waals surface area (Å²) >= 11 is 1.86. The van der Waals surface area contributed by atoms with Gasteiger partial charge in [0.25, 0.3) is 0 Å². The van der Waals surface area contributed by atoms with Gasteiger partial charge in [0.05, 0.1) is 0 Å². The van der Waals surface area contributed by atoms with E-state index in [1.54, 1.807) is 0 Å². The zero-order valence-electron chi connectivity index (χ0n) is 19.7. The van der Waals surface area contributed by atoms with E-state index < -0.39 is 0 Å². The van der Waals surface area contributed by atoms with Gasteiger partial charge in [0.2, 0.25) is 0 Å². The second-order valence-corrected chi connectivity index (χ2v) is 10.8. The SMILES string of the molecule is CC1(C)c2ccccc2Oc2cc(-c3ccccc3-c3cccc4sc5ccccc5c34)ccc21. The Morgan fingerprint density at radius 3 is 2.17 bits per heavy atom. The van der Waals surface area contributed by atoms with E-state index in [0.717, 1.165) is 11.5 Å². The summed E-state index contributed by atoms with van der Waals surface area (Å²) < 4.78 is 9.09. The predicted octanol–water partition coefficient (Wildman–Crippen LogP) is 9.82.